The van der Waals surface area contributed by atoms with E-state index in [-0.39, 0.29) is 0 Å². The lowest BCUT2D eigenvalue weighted by molar-refractivity contribution is 1.11. The van der Waals surface area contributed by atoms with Crippen molar-refractivity contribution in [3.8, 4) is 0 Å². The number of allylic oxidation sites excluding steroid dienone is 6. The van der Waals surface area contributed by atoms with Gasteiger partial charge in [-0.15, -0.1) is 0 Å². The van der Waals surface area contributed by atoms with Crippen molar-refractivity contribution in [1.82, 2.24) is 0 Å². The molecule has 0 saturated carbocycles. The van der Waals surface area contributed by atoms with Gasteiger partial charge in [0.1, 0.15) is 0 Å². The average molecular weight is 134 g/mol. The van der Waals surface area contributed by atoms with Crippen LogP contribution in [0.1, 0.15) is 27.2 Å². The van der Waals surface area contributed by atoms with Crippen LogP contribution in [0.3, 0.4) is 0 Å². The smallest absolute Gasteiger partial charge is 0.0108 e. The van der Waals surface area contributed by atoms with Crippen molar-refractivity contribution in [2.75, 3.05) is 0 Å². The molecule has 1 rings (SSSR count). The monoisotopic (exact) mass is 134 g/mol. The van der Waals surface area contributed by atoms with Gasteiger partial charge in [-0.1, -0.05) is 34.9 Å². The zero-order valence-corrected chi connectivity index (χ0v) is 6.94. The number of hydrogen-bond acceptors (Lipinski definition) is 0. The Bertz CT molecular complexity index is 214. The topological polar surface area (TPSA) is 0 Å². The molecule has 0 aromatic carbocycles. The normalized spacial score (nSPS) is 18.9. The van der Waals surface area contributed by atoms with E-state index in [1.807, 2.05) is 0 Å². The second-order valence-electron chi connectivity index (χ2n) is 3.09. The van der Waals surface area contributed by atoms with E-state index in [4.69, 9.17) is 0 Å². The lowest BCUT2D eigenvalue weighted by atomic mass is 10.1. The Hall–Kier alpha value is -0.780. The van der Waals surface area contributed by atoms with Crippen LogP contribution in [0.4, 0.5) is 0 Å². The summed E-state index contributed by atoms with van der Waals surface area (Å²) in [6.07, 6.45) is 7.75. The Morgan fingerprint density at radius 3 is 2.40 bits per heavy atom. The molecule has 0 unspecified atom stereocenters. The minimum Gasteiger partial charge on any atom is -0.0693 e. The molecule has 1 aliphatic rings. The van der Waals surface area contributed by atoms with Crippen LogP contribution in [0, 0.1) is 0 Å². The Morgan fingerprint density at radius 1 is 1.00 bits per heavy atom. The van der Waals surface area contributed by atoms with Crippen LogP contribution in [0.5, 0.6) is 0 Å². The maximum Gasteiger partial charge on any atom is -0.0108 e. The predicted molar refractivity (Wildman–Crippen MR) is 45.9 cm³/mol. The van der Waals surface area contributed by atoms with E-state index >= 15 is 0 Å². The zero-order valence-electron chi connectivity index (χ0n) is 6.94. The van der Waals surface area contributed by atoms with Gasteiger partial charge in [-0.05, 0) is 27.2 Å². The highest BCUT2D eigenvalue weighted by atomic mass is 14.0. The molecule has 0 radical (unpaired) electrons. The number of rotatable bonds is 0. The minimum atomic E-state index is 1.13. The highest BCUT2D eigenvalue weighted by Crippen LogP contribution is 2.16. The Balaban J connectivity index is 2.90. The molecule has 1 aliphatic carbocycles. The van der Waals surface area contributed by atoms with Crippen LogP contribution < -0.4 is 0 Å². The molecular weight excluding hydrogens is 120 g/mol. The molecule has 0 fully saturated rings. The van der Waals surface area contributed by atoms with Crippen molar-refractivity contribution in [1.29, 1.82) is 0 Å². The molecule has 0 N–H and O–H groups in total. The van der Waals surface area contributed by atoms with E-state index in [1.165, 1.54) is 16.7 Å². The van der Waals surface area contributed by atoms with Crippen molar-refractivity contribution in [2.45, 2.75) is 27.2 Å². The van der Waals surface area contributed by atoms with Gasteiger partial charge in [0, 0.05) is 0 Å². The largest absolute Gasteiger partial charge is 0.0693 e. The van der Waals surface area contributed by atoms with Crippen LogP contribution in [-0.4, -0.2) is 0 Å². The molecule has 0 amide bonds. The Morgan fingerprint density at radius 2 is 1.70 bits per heavy atom. The first kappa shape index (κ1) is 7.33. The average Bonchev–Trinajstić information content (AvgIpc) is 1.93. The van der Waals surface area contributed by atoms with Gasteiger partial charge in [-0.25, -0.2) is 0 Å². The second-order valence-corrected chi connectivity index (χ2v) is 3.09. The molecule has 0 aromatic rings. The molecule has 0 aliphatic heterocycles. The van der Waals surface area contributed by atoms with Gasteiger partial charge in [0.25, 0.3) is 0 Å². The molecule has 0 heterocycles. The van der Waals surface area contributed by atoms with Gasteiger partial charge >= 0.3 is 0 Å². The Labute approximate surface area is 62.9 Å². The zero-order chi connectivity index (χ0) is 7.56. The summed E-state index contributed by atoms with van der Waals surface area (Å²) in [7, 11) is 0. The number of hydrogen-bond donors (Lipinski definition) is 0. The molecule has 54 valence electrons. The standard InChI is InChI=1S/C10H14/c1-8-4-5-9(2)7-10(3)6-8/h4-6H,7H2,1-3H3. The molecular formula is C10H14. The van der Waals surface area contributed by atoms with Gasteiger partial charge in [-0.3, -0.25) is 0 Å². The third-order valence-electron chi connectivity index (χ3n) is 1.66. The van der Waals surface area contributed by atoms with E-state index in [2.05, 4.69) is 39.0 Å². The van der Waals surface area contributed by atoms with Gasteiger partial charge < -0.3 is 0 Å². The highest BCUT2D eigenvalue weighted by molar-refractivity contribution is 5.32. The summed E-state index contributed by atoms with van der Waals surface area (Å²) in [6.45, 7) is 6.49. The second kappa shape index (κ2) is 2.87. The van der Waals surface area contributed by atoms with Gasteiger partial charge in [0.15, 0.2) is 0 Å². The lowest BCUT2D eigenvalue weighted by Crippen LogP contribution is -1.76. The van der Waals surface area contributed by atoms with E-state index in [1.54, 1.807) is 0 Å². The van der Waals surface area contributed by atoms with Crippen LogP contribution >= 0.6 is 0 Å². The molecule has 0 bridgehead atoms. The summed E-state index contributed by atoms with van der Waals surface area (Å²) in [4.78, 5) is 0. The first-order valence-electron chi connectivity index (χ1n) is 3.70. The molecule has 0 heteroatoms. The van der Waals surface area contributed by atoms with Crippen molar-refractivity contribution < 1.29 is 0 Å². The van der Waals surface area contributed by atoms with Crippen LogP contribution in [0.2, 0.25) is 0 Å². The first-order valence-corrected chi connectivity index (χ1v) is 3.70. The third kappa shape index (κ3) is 1.87. The molecule has 10 heavy (non-hydrogen) atoms. The van der Waals surface area contributed by atoms with E-state index in [0.29, 0.717) is 0 Å². The fourth-order valence-electron chi connectivity index (χ4n) is 1.26. The van der Waals surface area contributed by atoms with Crippen molar-refractivity contribution >= 4 is 0 Å². The fourth-order valence-corrected chi connectivity index (χ4v) is 1.26. The fraction of sp³-hybridized carbons (Fsp3) is 0.400. The summed E-state index contributed by atoms with van der Waals surface area (Å²) in [6, 6.07) is 0. The Kier molecular flexibility index (Phi) is 2.10. The maximum atomic E-state index is 2.24. The predicted octanol–water partition coefficient (Wildman–Crippen LogP) is 3.23. The van der Waals surface area contributed by atoms with Crippen LogP contribution in [0.25, 0.3) is 0 Å². The molecule has 0 atom stereocenters. The first-order chi connectivity index (χ1) is 4.68. The molecule has 0 nitrogen and oxygen atoms in total. The van der Waals surface area contributed by atoms with E-state index in [0.717, 1.165) is 6.42 Å². The van der Waals surface area contributed by atoms with Crippen LogP contribution in [-0.2, 0) is 0 Å². The van der Waals surface area contributed by atoms with E-state index < -0.39 is 0 Å². The molecule has 0 spiro atoms. The summed E-state index contributed by atoms with van der Waals surface area (Å²) in [5, 5.41) is 0. The molecule has 0 aromatic heterocycles. The lowest BCUT2D eigenvalue weighted by Gasteiger charge is -1.96. The van der Waals surface area contributed by atoms with E-state index in [9.17, 15) is 0 Å². The summed E-state index contributed by atoms with van der Waals surface area (Å²) < 4.78 is 0. The quantitative estimate of drug-likeness (QED) is 0.477. The summed E-state index contributed by atoms with van der Waals surface area (Å²) in [5.41, 5.74) is 4.26. The van der Waals surface area contributed by atoms with Crippen LogP contribution in [0.15, 0.2) is 34.9 Å². The third-order valence-corrected chi connectivity index (χ3v) is 1.66. The molecule has 0 saturated heterocycles. The van der Waals surface area contributed by atoms with Gasteiger partial charge in [0.05, 0.1) is 0 Å². The highest BCUT2D eigenvalue weighted by Gasteiger charge is 1.95. The summed E-state index contributed by atoms with van der Waals surface area (Å²) in [5.74, 6) is 0. The van der Waals surface area contributed by atoms with Gasteiger partial charge in [0.2, 0.25) is 0 Å². The van der Waals surface area contributed by atoms with Crippen molar-refractivity contribution in [3.63, 3.8) is 0 Å². The van der Waals surface area contributed by atoms with Gasteiger partial charge in [-0.2, -0.15) is 0 Å². The van der Waals surface area contributed by atoms with Crippen molar-refractivity contribution in [2.24, 2.45) is 0 Å². The summed E-state index contributed by atoms with van der Waals surface area (Å²) >= 11 is 0. The minimum absolute atomic E-state index is 1.13. The van der Waals surface area contributed by atoms with Crippen molar-refractivity contribution in [3.05, 3.63) is 34.9 Å². The maximum absolute atomic E-state index is 2.24. The SMILES string of the molecule is CC1=CC=C(C)CC(C)=C1.